The number of rotatable bonds is 3. The van der Waals surface area contributed by atoms with E-state index in [1.54, 1.807) is 20.8 Å². The first kappa shape index (κ1) is 16.7. The Bertz CT molecular complexity index is 493. The molecule has 0 aromatic heterocycles. The normalized spacial score (nSPS) is 23.7. The molecule has 1 aliphatic heterocycles. The van der Waals surface area contributed by atoms with Gasteiger partial charge >= 0.3 is 12.1 Å². The molecule has 0 bridgehead atoms. The zero-order valence-electron chi connectivity index (χ0n) is 11.8. The van der Waals surface area contributed by atoms with Crippen LogP contribution in [0.4, 0.5) is 4.79 Å². The van der Waals surface area contributed by atoms with Crippen LogP contribution in [0.5, 0.6) is 0 Å². The van der Waals surface area contributed by atoms with Crippen molar-refractivity contribution in [2.75, 3.05) is 12.8 Å². The number of amides is 1. The van der Waals surface area contributed by atoms with Gasteiger partial charge in [-0.1, -0.05) is 0 Å². The third-order valence-electron chi connectivity index (χ3n) is 2.49. The SMILES string of the molecule is CC(C)(C)OC(=O)N1C[C@@H](OS(C)(=O)=O)C[C@H]1C(=O)O. The number of hydrogen-bond acceptors (Lipinski definition) is 6. The molecule has 2 atom stereocenters. The lowest BCUT2D eigenvalue weighted by Crippen LogP contribution is -2.43. The predicted molar refractivity (Wildman–Crippen MR) is 68.7 cm³/mol. The van der Waals surface area contributed by atoms with E-state index in [0.717, 1.165) is 11.2 Å². The van der Waals surface area contributed by atoms with Crippen LogP contribution >= 0.6 is 0 Å². The van der Waals surface area contributed by atoms with Gasteiger partial charge in [0.25, 0.3) is 10.1 Å². The Kier molecular flexibility index (Phi) is 4.65. The molecule has 1 N–H and O–H groups in total. The largest absolute Gasteiger partial charge is 0.480 e. The van der Waals surface area contributed by atoms with E-state index in [1.165, 1.54) is 0 Å². The van der Waals surface area contributed by atoms with E-state index >= 15 is 0 Å². The summed E-state index contributed by atoms with van der Waals surface area (Å²) in [6.07, 6.45) is -0.899. The Morgan fingerprint density at radius 3 is 2.25 bits per heavy atom. The molecule has 0 aliphatic carbocycles. The van der Waals surface area contributed by atoms with Crippen LogP contribution < -0.4 is 0 Å². The van der Waals surface area contributed by atoms with E-state index in [2.05, 4.69) is 0 Å². The lowest BCUT2D eigenvalue weighted by atomic mass is 10.2. The van der Waals surface area contributed by atoms with Gasteiger partial charge in [0.15, 0.2) is 0 Å². The van der Waals surface area contributed by atoms with Crippen molar-refractivity contribution in [3.05, 3.63) is 0 Å². The highest BCUT2D eigenvalue weighted by atomic mass is 32.2. The van der Waals surface area contributed by atoms with E-state index in [0.29, 0.717) is 0 Å². The minimum atomic E-state index is -3.71. The van der Waals surface area contributed by atoms with Crippen molar-refractivity contribution < 1.29 is 32.0 Å². The topological polar surface area (TPSA) is 110 Å². The maximum absolute atomic E-state index is 11.9. The number of carboxylic acid groups (broad SMARTS) is 1. The van der Waals surface area contributed by atoms with E-state index in [9.17, 15) is 18.0 Å². The Hall–Kier alpha value is -1.35. The van der Waals surface area contributed by atoms with Crippen LogP contribution in [0.3, 0.4) is 0 Å². The Morgan fingerprint density at radius 2 is 1.85 bits per heavy atom. The Morgan fingerprint density at radius 1 is 1.30 bits per heavy atom. The van der Waals surface area contributed by atoms with Crippen molar-refractivity contribution in [2.24, 2.45) is 0 Å². The van der Waals surface area contributed by atoms with Crippen molar-refractivity contribution in [1.82, 2.24) is 4.90 Å². The molecule has 20 heavy (non-hydrogen) atoms. The third kappa shape index (κ3) is 4.97. The summed E-state index contributed by atoms with van der Waals surface area (Å²) in [5, 5.41) is 9.09. The summed E-state index contributed by atoms with van der Waals surface area (Å²) in [6, 6.07) is -1.16. The molecule has 1 saturated heterocycles. The van der Waals surface area contributed by atoms with E-state index in [1.807, 2.05) is 0 Å². The number of ether oxygens (including phenoxy) is 1. The Labute approximate surface area is 117 Å². The molecule has 1 rings (SSSR count). The highest BCUT2D eigenvalue weighted by Gasteiger charge is 2.43. The first-order valence-corrected chi connectivity index (χ1v) is 7.81. The Balaban J connectivity index is 2.83. The summed E-state index contributed by atoms with van der Waals surface area (Å²) < 4.78 is 32.0. The first-order chi connectivity index (χ1) is 8.89. The lowest BCUT2D eigenvalue weighted by Gasteiger charge is -2.26. The second-order valence-electron chi connectivity index (χ2n) is 5.64. The van der Waals surface area contributed by atoms with Crippen LogP contribution in [0.2, 0.25) is 0 Å². The van der Waals surface area contributed by atoms with E-state index < -0.39 is 39.9 Å². The quantitative estimate of drug-likeness (QED) is 0.752. The maximum Gasteiger partial charge on any atom is 0.411 e. The van der Waals surface area contributed by atoms with Crippen LogP contribution in [0.1, 0.15) is 27.2 Å². The van der Waals surface area contributed by atoms with Crippen molar-refractivity contribution in [1.29, 1.82) is 0 Å². The number of carboxylic acids is 1. The van der Waals surface area contributed by atoms with Gasteiger partial charge in [-0.2, -0.15) is 8.42 Å². The van der Waals surface area contributed by atoms with Crippen LogP contribution in [-0.2, 0) is 23.8 Å². The standard InChI is InChI=1S/C11H19NO7S/c1-11(2,3)18-10(15)12-6-7(19-20(4,16)17)5-8(12)9(13)14/h7-8H,5-6H2,1-4H3,(H,13,14)/t7-,8-/m0/s1. The lowest BCUT2D eigenvalue weighted by molar-refractivity contribution is -0.142. The molecule has 0 aromatic rings. The average Bonchev–Trinajstić information content (AvgIpc) is 2.56. The third-order valence-corrected chi connectivity index (χ3v) is 3.11. The van der Waals surface area contributed by atoms with Gasteiger partial charge in [-0.25, -0.2) is 9.59 Å². The monoisotopic (exact) mass is 309 g/mol. The van der Waals surface area contributed by atoms with Gasteiger partial charge in [-0.3, -0.25) is 9.08 Å². The predicted octanol–water partition coefficient (Wildman–Crippen LogP) is 0.425. The van der Waals surface area contributed by atoms with E-state index in [-0.39, 0.29) is 13.0 Å². The highest BCUT2D eigenvalue weighted by molar-refractivity contribution is 7.86. The number of aliphatic carboxylic acids is 1. The van der Waals surface area contributed by atoms with Crippen LogP contribution in [-0.4, -0.2) is 61.0 Å². The number of likely N-dealkylation sites (tertiary alicyclic amines) is 1. The van der Waals surface area contributed by atoms with Gasteiger partial charge in [0.2, 0.25) is 0 Å². The molecule has 9 heteroatoms. The molecule has 116 valence electrons. The fraction of sp³-hybridized carbons (Fsp3) is 0.818. The van der Waals surface area contributed by atoms with Crippen molar-refractivity contribution in [3.63, 3.8) is 0 Å². The van der Waals surface area contributed by atoms with Gasteiger partial charge in [-0.05, 0) is 20.8 Å². The van der Waals surface area contributed by atoms with Crippen LogP contribution in [0, 0.1) is 0 Å². The molecule has 1 aliphatic rings. The summed E-state index contributed by atoms with van der Waals surface area (Å²) in [7, 11) is -3.71. The second kappa shape index (κ2) is 5.57. The molecule has 8 nitrogen and oxygen atoms in total. The molecule has 0 radical (unpaired) electrons. The van der Waals surface area contributed by atoms with Crippen LogP contribution in [0.15, 0.2) is 0 Å². The number of nitrogens with zero attached hydrogens (tertiary/aromatic N) is 1. The first-order valence-electron chi connectivity index (χ1n) is 6.00. The zero-order valence-corrected chi connectivity index (χ0v) is 12.6. The second-order valence-corrected chi connectivity index (χ2v) is 7.25. The summed E-state index contributed by atoms with van der Waals surface area (Å²) in [5.74, 6) is -1.23. The fourth-order valence-corrected chi connectivity index (χ4v) is 2.50. The number of carbonyl (C=O) groups is 2. The molecular formula is C11H19NO7S. The summed E-state index contributed by atoms with van der Waals surface area (Å²) >= 11 is 0. The molecular weight excluding hydrogens is 290 g/mol. The summed E-state index contributed by atoms with van der Waals surface area (Å²) in [4.78, 5) is 24.0. The minimum Gasteiger partial charge on any atom is -0.480 e. The van der Waals surface area contributed by atoms with Crippen molar-refractivity contribution in [2.45, 2.75) is 44.9 Å². The van der Waals surface area contributed by atoms with Crippen molar-refractivity contribution in [3.8, 4) is 0 Å². The molecule has 1 heterocycles. The van der Waals surface area contributed by atoms with Gasteiger partial charge in [0.1, 0.15) is 11.6 Å². The summed E-state index contributed by atoms with van der Waals surface area (Å²) in [5.41, 5.74) is -0.768. The zero-order chi connectivity index (χ0) is 15.7. The van der Waals surface area contributed by atoms with Gasteiger partial charge < -0.3 is 9.84 Å². The summed E-state index contributed by atoms with van der Waals surface area (Å²) in [6.45, 7) is 4.82. The molecule has 0 unspecified atom stereocenters. The fourth-order valence-electron chi connectivity index (χ4n) is 1.87. The average molecular weight is 309 g/mol. The number of carbonyl (C=O) groups excluding carboxylic acids is 1. The van der Waals surface area contributed by atoms with Gasteiger partial charge in [-0.15, -0.1) is 0 Å². The van der Waals surface area contributed by atoms with Gasteiger partial charge in [0, 0.05) is 6.42 Å². The maximum atomic E-state index is 11.9. The molecule has 0 spiro atoms. The number of hydrogen-bond donors (Lipinski definition) is 1. The molecule has 1 fully saturated rings. The van der Waals surface area contributed by atoms with Crippen molar-refractivity contribution >= 4 is 22.2 Å². The van der Waals surface area contributed by atoms with Gasteiger partial charge in [0.05, 0.1) is 18.9 Å². The smallest absolute Gasteiger partial charge is 0.411 e. The van der Waals surface area contributed by atoms with E-state index in [4.69, 9.17) is 14.0 Å². The van der Waals surface area contributed by atoms with Crippen LogP contribution in [0.25, 0.3) is 0 Å². The highest BCUT2D eigenvalue weighted by Crippen LogP contribution is 2.24. The molecule has 0 saturated carbocycles. The molecule has 0 aromatic carbocycles. The minimum absolute atomic E-state index is 0.0956. The molecule has 1 amide bonds.